The van der Waals surface area contributed by atoms with Gasteiger partial charge in [-0.25, -0.2) is 0 Å². The molecule has 0 saturated heterocycles. The van der Waals surface area contributed by atoms with Crippen molar-refractivity contribution in [2.24, 2.45) is 5.92 Å². The molecule has 3 rings (SSSR count). The Hall–Kier alpha value is -1.48. The van der Waals surface area contributed by atoms with Gasteiger partial charge in [-0.05, 0) is 63.8 Å². The van der Waals surface area contributed by atoms with Crippen LogP contribution in [0.15, 0.2) is 23.8 Å². The van der Waals surface area contributed by atoms with E-state index >= 15 is 0 Å². The number of fused-ring (bicyclic) bond motifs is 3. The molecular weight excluding hydrogens is 322 g/mol. The third kappa shape index (κ3) is 3.78. The fourth-order valence-electron chi connectivity index (χ4n) is 4.76. The number of hydrogen-bond acceptors (Lipinski definition) is 3. The summed E-state index contributed by atoms with van der Waals surface area (Å²) in [4.78, 5) is 0. The van der Waals surface area contributed by atoms with Gasteiger partial charge in [0.15, 0.2) is 0 Å². The summed E-state index contributed by atoms with van der Waals surface area (Å²) in [5.74, 6) is 2.09. The van der Waals surface area contributed by atoms with E-state index in [0.717, 1.165) is 50.1 Å². The minimum Gasteiger partial charge on any atom is -0.508 e. The number of unbranched alkanes of at least 4 members (excludes halogenated alkanes) is 2. The van der Waals surface area contributed by atoms with Crippen molar-refractivity contribution in [1.82, 2.24) is 5.32 Å². The Morgan fingerprint density at radius 2 is 2.08 bits per heavy atom. The molecule has 26 heavy (non-hydrogen) atoms. The molecular formula is C23H35NO2. The standard InChI is InChI=1S/C23H35NO2/c1-5-7-8-9-17-13-20(25)22-18-12-16(3)10-11-19(18)23(4,15-24-6-2)26-21(22)14-17/h10,13-14,18-19,24-25H,5-9,11-12,15H2,1-4H3/t18?,19-,23?/m1/s1. The summed E-state index contributed by atoms with van der Waals surface area (Å²) >= 11 is 0. The van der Waals surface area contributed by atoms with Gasteiger partial charge < -0.3 is 15.2 Å². The van der Waals surface area contributed by atoms with Gasteiger partial charge in [0.05, 0.1) is 0 Å². The zero-order valence-electron chi connectivity index (χ0n) is 16.9. The topological polar surface area (TPSA) is 41.5 Å². The summed E-state index contributed by atoms with van der Waals surface area (Å²) in [6.07, 6.45) is 9.01. The largest absolute Gasteiger partial charge is 0.508 e. The maximum Gasteiger partial charge on any atom is 0.127 e. The Balaban J connectivity index is 1.97. The average molecular weight is 358 g/mol. The van der Waals surface area contributed by atoms with Crippen molar-refractivity contribution in [2.75, 3.05) is 13.1 Å². The monoisotopic (exact) mass is 357 g/mol. The zero-order chi connectivity index (χ0) is 18.7. The number of allylic oxidation sites excluding steroid dienone is 2. The first kappa shape index (κ1) is 19.3. The van der Waals surface area contributed by atoms with Crippen LogP contribution in [0.3, 0.4) is 0 Å². The van der Waals surface area contributed by atoms with Crippen molar-refractivity contribution in [3.63, 3.8) is 0 Å². The number of phenolic OH excluding ortho intramolecular Hbond substituents is 1. The molecule has 3 heteroatoms. The molecule has 2 unspecified atom stereocenters. The van der Waals surface area contributed by atoms with E-state index in [4.69, 9.17) is 4.74 Å². The molecule has 1 aliphatic heterocycles. The van der Waals surface area contributed by atoms with E-state index in [0.29, 0.717) is 17.6 Å². The van der Waals surface area contributed by atoms with Gasteiger partial charge in [0.25, 0.3) is 0 Å². The van der Waals surface area contributed by atoms with Crippen LogP contribution in [0, 0.1) is 5.92 Å². The maximum absolute atomic E-state index is 10.9. The van der Waals surface area contributed by atoms with Crippen LogP contribution in [0.25, 0.3) is 0 Å². The Morgan fingerprint density at radius 3 is 2.81 bits per heavy atom. The normalized spacial score (nSPS) is 27.3. The van der Waals surface area contributed by atoms with Crippen LogP contribution in [-0.4, -0.2) is 23.8 Å². The van der Waals surface area contributed by atoms with E-state index in [1.807, 2.05) is 6.07 Å². The lowest BCUT2D eigenvalue weighted by molar-refractivity contribution is -0.00751. The van der Waals surface area contributed by atoms with E-state index < -0.39 is 0 Å². The number of hydrogen-bond donors (Lipinski definition) is 2. The first-order chi connectivity index (χ1) is 12.5. The summed E-state index contributed by atoms with van der Waals surface area (Å²) < 4.78 is 6.60. The van der Waals surface area contributed by atoms with Gasteiger partial charge in [0, 0.05) is 23.9 Å². The van der Waals surface area contributed by atoms with E-state index in [2.05, 4.69) is 45.2 Å². The van der Waals surface area contributed by atoms with Crippen molar-refractivity contribution in [3.05, 3.63) is 34.9 Å². The molecule has 0 radical (unpaired) electrons. The van der Waals surface area contributed by atoms with Crippen molar-refractivity contribution < 1.29 is 9.84 Å². The summed E-state index contributed by atoms with van der Waals surface area (Å²) in [7, 11) is 0. The Morgan fingerprint density at radius 1 is 1.27 bits per heavy atom. The maximum atomic E-state index is 10.9. The second-order valence-corrected chi connectivity index (χ2v) is 8.38. The lowest BCUT2D eigenvalue weighted by Crippen LogP contribution is -2.54. The zero-order valence-corrected chi connectivity index (χ0v) is 16.9. The molecule has 2 N–H and O–H groups in total. The first-order valence-corrected chi connectivity index (χ1v) is 10.4. The lowest BCUT2D eigenvalue weighted by Gasteiger charge is -2.48. The molecule has 144 valence electrons. The van der Waals surface area contributed by atoms with Gasteiger partial charge in [-0.3, -0.25) is 0 Å². The van der Waals surface area contributed by atoms with Crippen LogP contribution in [0.1, 0.15) is 76.8 Å². The molecule has 0 amide bonds. The fourth-order valence-corrected chi connectivity index (χ4v) is 4.76. The van der Waals surface area contributed by atoms with Crippen LogP contribution < -0.4 is 10.1 Å². The minimum absolute atomic E-state index is 0.237. The predicted molar refractivity (Wildman–Crippen MR) is 108 cm³/mol. The summed E-state index contributed by atoms with van der Waals surface area (Å²) in [5.41, 5.74) is 3.42. The summed E-state index contributed by atoms with van der Waals surface area (Å²) in [5, 5.41) is 14.3. The highest BCUT2D eigenvalue weighted by atomic mass is 16.5. The molecule has 1 aliphatic carbocycles. The van der Waals surface area contributed by atoms with Gasteiger partial charge in [0.2, 0.25) is 0 Å². The van der Waals surface area contributed by atoms with Crippen molar-refractivity contribution in [3.8, 4) is 11.5 Å². The van der Waals surface area contributed by atoms with Gasteiger partial charge in [-0.1, -0.05) is 38.3 Å². The van der Waals surface area contributed by atoms with E-state index in [9.17, 15) is 5.11 Å². The number of rotatable bonds is 7. The molecule has 3 atom stereocenters. The molecule has 0 spiro atoms. The van der Waals surface area contributed by atoms with Crippen LogP contribution in [0.4, 0.5) is 0 Å². The molecule has 1 aromatic rings. The molecule has 0 aromatic heterocycles. The van der Waals surface area contributed by atoms with E-state index in [1.54, 1.807) is 0 Å². The molecule has 3 nitrogen and oxygen atoms in total. The number of aromatic hydroxyl groups is 1. The average Bonchev–Trinajstić information content (AvgIpc) is 2.59. The molecule has 1 heterocycles. The number of nitrogens with one attached hydrogen (secondary N) is 1. The third-order valence-corrected chi connectivity index (χ3v) is 6.22. The SMILES string of the molecule is CCCCCc1cc(O)c2c(c1)OC(C)(CNCC)[C@@H]1CC=C(C)CC21. The highest BCUT2D eigenvalue weighted by Crippen LogP contribution is 2.54. The van der Waals surface area contributed by atoms with Crippen LogP contribution in [-0.2, 0) is 6.42 Å². The Bertz CT molecular complexity index is 666. The van der Waals surface area contributed by atoms with E-state index in [1.165, 1.54) is 24.0 Å². The van der Waals surface area contributed by atoms with E-state index in [-0.39, 0.29) is 5.60 Å². The Labute approximate surface area is 158 Å². The fraction of sp³-hybridized carbons (Fsp3) is 0.652. The van der Waals surface area contributed by atoms with Crippen LogP contribution in [0.5, 0.6) is 11.5 Å². The summed E-state index contributed by atoms with van der Waals surface area (Å²) in [6, 6.07) is 4.17. The van der Waals surface area contributed by atoms with Gasteiger partial charge in [-0.2, -0.15) is 0 Å². The number of phenols is 1. The van der Waals surface area contributed by atoms with Gasteiger partial charge >= 0.3 is 0 Å². The molecule has 0 saturated carbocycles. The van der Waals surface area contributed by atoms with Crippen LogP contribution >= 0.6 is 0 Å². The second kappa shape index (κ2) is 8.04. The predicted octanol–water partition coefficient (Wildman–Crippen LogP) is 5.33. The highest BCUT2D eigenvalue weighted by Gasteiger charge is 2.48. The van der Waals surface area contributed by atoms with Crippen molar-refractivity contribution in [2.45, 2.75) is 77.7 Å². The smallest absolute Gasteiger partial charge is 0.127 e. The van der Waals surface area contributed by atoms with Crippen molar-refractivity contribution in [1.29, 1.82) is 0 Å². The third-order valence-electron chi connectivity index (χ3n) is 6.22. The Kier molecular flexibility index (Phi) is 5.96. The number of benzene rings is 1. The molecule has 1 aromatic carbocycles. The highest BCUT2D eigenvalue weighted by molar-refractivity contribution is 5.52. The molecule has 0 fully saturated rings. The minimum atomic E-state index is -0.237. The van der Waals surface area contributed by atoms with Gasteiger partial charge in [-0.15, -0.1) is 0 Å². The summed E-state index contributed by atoms with van der Waals surface area (Å²) in [6.45, 7) is 10.6. The quantitative estimate of drug-likeness (QED) is 0.512. The number of aryl methyl sites for hydroxylation is 1. The molecule has 0 bridgehead atoms. The number of ether oxygens (including phenoxy) is 1. The molecule has 2 aliphatic rings. The first-order valence-electron chi connectivity index (χ1n) is 10.4. The number of likely N-dealkylation sites (N-methyl/N-ethyl adjacent to an activating group) is 1. The second-order valence-electron chi connectivity index (χ2n) is 8.38. The van der Waals surface area contributed by atoms with Crippen molar-refractivity contribution >= 4 is 0 Å². The van der Waals surface area contributed by atoms with Gasteiger partial charge in [0.1, 0.15) is 17.1 Å². The van der Waals surface area contributed by atoms with Crippen LogP contribution in [0.2, 0.25) is 0 Å². The lowest BCUT2D eigenvalue weighted by atomic mass is 9.66.